The van der Waals surface area contributed by atoms with Crippen molar-refractivity contribution in [2.75, 3.05) is 45.2 Å². The first-order valence-electron chi connectivity index (χ1n) is 11.6. The maximum Gasteiger partial charge on any atom is 0.417 e. The van der Waals surface area contributed by atoms with Crippen LogP contribution in [0.3, 0.4) is 0 Å². The molecule has 0 saturated carbocycles. The Labute approximate surface area is 203 Å². The van der Waals surface area contributed by atoms with Gasteiger partial charge in [-0.05, 0) is 61.8 Å². The van der Waals surface area contributed by atoms with Crippen molar-refractivity contribution in [1.29, 1.82) is 5.26 Å². The summed E-state index contributed by atoms with van der Waals surface area (Å²) in [7, 11) is 3.24. The van der Waals surface area contributed by atoms with Crippen molar-refractivity contribution >= 4 is 11.6 Å². The molecule has 2 fully saturated rings. The average Bonchev–Trinajstić information content (AvgIpc) is 3.23. The van der Waals surface area contributed by atoms with Gasteiger partial charge in [0.15, 0.2) is 0 Å². The number of hydrogen-bond donors (Lipinski definition) is 1. The predicted molar refractivity (Wildman–Crippen MR) is 126 cm³/mol. The number of carbonyl (C=O) groups excluding carboxylic acids is 1. The molecule has 6 nitrogen and oxygen atoms in total. The Bertz CT molecular complexity index is 1120. The summed E-state index contributed by atoms with van der Waals surface area (Å²) in [6.07, 6.45) is -3.08. The van der Waals surface area contributed by atoms with Crippen LogP contribution in [-0.2, 0) is 17.5 Å². The van der Waals surface area contributed by atoms with Gasteiger partial charge in [-0.1, -0.05) is 12.1 Å². The lowest BCUT2D eigenvalue weighted by molar-refractivity contribution is -0.137. The number of halogens is 3. The molecule has 186 valence electrons. The quantitative estimate of drug-likeness (QED) is 0.691. The highest BCUT2D eigenvalue weighted by atomic mass is 19.4. The Balaban J connectivity index is 1.53. The molecule has 4 rings (SSSR count). The largest absolute Gasteiger partial charge is 0.497 e. The lowest BCUT2D eigenvalue weighted by atomic mass is 9.70. The molecule has 1 atom stereocenters. The van der Waals surface area contributed by atoms with Gasteiger partial charge in [-0.3, -0.25) is 9.69 Å². The Hall–Kier alpha value is -3.25. The standard InChI is InChI=1S/C26H29F3N4O2/c1-31-24(34)23-16-33(20-7-6-19(14-30)22(13-20)26(27,28)29)17-25(23)8-10-32(11-9-25)15-18-4-3-5-21(12-18)35-2/h3-7,12-13,23H,8-11,15-17H2,1-2H3,(H,31,34). The van der Waals surface area contributed by atoms with Gasteiger partial charge in [0.25, 0.3) is 0 Å². The van der Waals surface area contributed by atoms with E-state index in [1.54, 1.807) is 26.3 Å². The van der Waals surface area contributed by atoms with Crippen LogP contribution in [0.2, 0.25) is 0 Å². The van der Waals surface area contributed by atoms with Gasteiger partial charge in [0, 0.05) is 37.8 Å². The van der Waals surface area contributed by atoms with Crippen LogP contribution >= 0.6 is 0 Å². The van der Waals surface area contributed by atoms with Gasteiger partial charge < -0.3 is 15.0 Å². The van der Waals surface area contributed by atoms with Crippen molar-refractivity contribution in [3.63, 3.8) is 0 Å². The number of rotatable bonds is 5. The molecule has 1 N–H and O–H groups in total. The summed E-state index contributed by atoms with van der Waals surface area (Å²) in [6, 6.07) is 13.4. The number of nitriles is 1. The van der Waals surface area contributed by atoms with E-state index in [4.69, 9.17) is 10.00 Å². The second-order valence-corrected chi connectivity index (χ2v) is 9.38. The predicted octanol–water partition coefficient (Wildman–Crippen LogP) is 4.05. The zero-order valence-electron chi connectivity index (χ0n) is 19.9. The molecule has 9 heteroatoms. The lowest BCUT2D eigenvalue weighted by Crippen LogP contribution is -2.47. The first-order valence-corrected chi connectivity index (χ1v) is 11.6. The molecular weight excluding hydrogens is 457 g/mol. The van der Waals surface area contributed by atoms with E-state index in [2.05, 4.69) is 16.3 Å². The van der Waals surface area contributed by atoms with E-state index in [1.165, 1.54) is 6.07 Å². The number of carbonyl (C=O) groups is 1. The fourth-order valence-corrected chi connectivity index (χ4v) is 5.45. The molecule has 2 aromatic carbocycles. The molecule has 2 saturated heterocycles. The topological polar surface area (TPSA) is 68.6 Å². The summed E-state index contributed by atoms with van der Waals surface area (Å²) < 4.78 is 45.9. The van der Waals surface area contributed by atoms with Gasteiger partial charge >= 0.3 is 6.18 Å². The van der Waals surface area contributed by atoms with Crippen LogP contribution in [0, 0.1) is 22.7 Å². The van der Waals surface area contributed by atoms with E-state index in [9.17, 15) is 18.0 Å². The molecule has 1 spiro atoms. The third-order valence-electron chi connectivity index (χ3n) is 7.40. The van der Waals surface area contributed by atoms with Gasteiger partial charge in [-0.15, -0.1) is 0 Å². The third-order valence-corrected chi connectivity index (χ3v) is 7.40. The summed E-state index contributed by atoms with van der Waals surface area (Å²) in [6.45, 7) is 3.20. The van der Waals surface area contributed by atoms with Gasteiger partial charge in [0.05, 0.1) is 30.2 Å². The van der Waals surface area contributed by atoms with E-state index in [0.717, 1.165) is 49.9 Å². The zero-order chi connectivity index (χ0) is 25.2. The number of anilines is 1. The highest BCUT2D eigenvalue weighted by Crippen LogP contribution is 2.47. The smallest absolute Gasteiger partial charge is 0.417 e. The number of piperidine rings is 1. The average molecular weight is 487 g/mol. The number of alkyl halides is 3. The second kappa shape index (κ2) is 9.78. The molecule has 0 aliphatic carbocycles. The highest BCUT2D eigenvalue weighted by molar-refractivity contribution is 5.81. The number of methoxy groups -OCH3 is 1. The van der Waals surface area contributed by atoms with Crippen LogP contribution in [0.4, 0.5) is 18.9 Å². The maximum absolute atomic E-state index is 13.5. The van der Waals surface area contributed by atoms with Gasteiger partial charge in [-0.2, -0.15) is 18.4 Å². The Kier molecular flexibility index (Phi) is 6.95. The molecule has 2 aliphatic heterocycles. The molecule has 2 aromatic rings. The van der Waals surface area contributed by atoms with Gasteiger partial charge in [-0.25, -0.2) is 0 Å². The number of likely N-dealkylation sites (tertiary alicyclic amines) is 1. The molecule has 0 bridgehead atoms. The van der Waals surface area contributed by atoms with Crippen LogP contribution in [-0.4, -0.2) is 51.1 Å². The maximum atomic E-state index is 13.5. The summed E-state index contributed by atoms with van der Waals surface area (Å²) >= 11 is 0. The number of benzene rings is 2. The first-order chi connectivity index (χ1) is 16.7. The first kappa shape index (κ1) is 24.9. The fourth-order valence-electron chi connectivity index (χ4n) is 5.45. The molecule has 1 unspecified atom stereocenters. The number of amides is 1. The Morgan fingerprint density at radius 1 is 1.23 bits per heavy atom. The fraction of sp³-hybridized carbons (Fsp3) is 0.462. The van der Waals surface area contributed by atoms with Crippen molar-refractivity contribution in [2.45, 2.75) is 25.6 Å². The van der Waals surface area contributed by atoms with E-state index in [0.29, 0.717) is 18.8 Å². The lowest BCUT2D eigenvalue weighted by Gasteiger charge is -2.42. The van der Waals surface area contributed by atoms with E-state index >= 15 is 0 Å². The Morgan fingerprint density at radius 3 is 2.60 bits per heavy atom. The summed E-state index contributed by atoms with van der Waals surface area (Å²) in [5, 5.41) is 11.9. The van der Waals surface area contributed by atoms with Crippen LogP contribution in [0.1, 0.15) is 29.5 Å². The summed E-state index contributed by atoms with van der Waals surface area (Å²) in [5.74, 6) is 0.401. The van der Waals surface area contributed by atoms with Gasteiger partial charge in [0.1, 0.15) is 5.75 Å². The number of nitrogens with one attached hydrogen (secondary N) is 1. The molecule has 0 radical (unpaired) electrons. The zero-order valence-corrected chi connectivity index (χ0v) is 19.9. The van der Waals surface area contributed by atoms with Crippen LogP contribution in [0.15, 0.2) is 42.5 Å². The van der Waals surface area contributed by atoms with Crippen molar-refractivity contribution in [1.82, 2.24) is 10.2 Å². The van der Waals surface area contributed by atoms with Crippen molar-refractivity contribution in [2.24, 2.45) is 11.3 Å². The monoisotopic (exact) mass is 486 g/mol. The molecule has 35 heavy (non-hydrogen) atoms. The van der Waals surface area contributed by atoms with E-state index in [1.807, 2.05) is 23.1 Å². The molecule has 2 aliphatic rings. The van der Waals surface area contributed by atoms with Crippen molar-refractivity contribution in [3.8, 4) is 11.8 Å². The minimum atomic E-state index is -4.62. The molecule has 2 heterocycles. The molecule has 0 aromatic heterocycles. The van der Waals surface area contributed by atoms with Crippen LogP contribution < -0.4 is 15.0 Å². The van der Waals surface area contributed by atoms with Crippen molar-refractivity contribution < 1.29 is 22.7 Å². The normalized spacial score (nSPS) is 20.0. The molecular formula is C26H29F3N4O2. The minimum Gasteiger partial charge on any atom is -0.497 e. The van der Waals surface area contributed by atoms with E-state index in [-0.39, 0.29) is 17.2 Å². The van der Waals surface area contributed by atoms with Crippen LogP contribution in [0.5, 0.6) is 5.75 Å². The highest BCUT2D eigenvalue weighted by Gasteiger charge is 2.51. The van der Waals surface area contributed by atoms with Gasteiger partial charge in [0.2, 0.25) is 5.91 Å². The number of ether oxygens (including phenoxy) is 1. The van der Waals surface area contributed by atoms with E-state index < -0.39 is 17.3 Å². The summed E-state index contributed by atoms with van der Waals surface area (Å²) in [4.78, 5) is 17.1. The Morgan fingerprint density at radius 2 is 1.97 bits per heavy atom. The molecule has 1 amide bonds. The minimum absolute atomic E-state index is 0.0848. The van der Waals surface area contributed by atoms with Crippen LogP contribution in [0.25, 0.3) is 0 Å². The third kappa shape index (κ3) is 5.08. The number of hydrogen-bond acceptors (Lipinski definition) is 5. The second-order valence-electron chi connectivity index (χ2n) is 9.38. The summed E-state index contributed by atoms with van der Waals surface area (Å²) in [5.41, 5.74) is -0.127. The number of nitrogens with zero attached hydrogens (tertiary/aromatic N) is 3. The van der Waals surface area contributed by atoms with Crippen molar-refractivity contribution in [3.05, 3.63) is 59.2 Å². The SMILES string of the molecule is CNC(=O)C1CN(c2ccc(C#N)c(C(F)(F)F)c2)CC12CCN(Cc1cccc(OC)c1)CC2.